The molecule has 1 fully saturated rings. The van der Waals surface area contributed by atoms with Crippen LogP contribution in [0.5, 0.6) is 11.5 Å². The Kier molecular flexibility index (Phi) is 3.14. The second kappa shape index (κ2) is 4.78. The lowest BCUT2D eigenvalue weighted by atomic mass is 10.1. The van der Waals surface area contributed by atoms with E-state index in [1.807, 2.05) is 18.2 Å². The van der Waals surface area contributed by atoms with E-state index in [1.54, 1.807) is 0 Å². The van der Waals surface area contributed by atoms with Gasteiger partial charge in [0.25, 0.3) is 0 Å². The van der Waals surface area contributed by atoms with Gasteiger partial charge >= 0.3 is 0 Å². The average molecular weight is 249 g/mol. The fourth-order valence-corrected chi connectivity index (χ4v) is 2.50. The van der Waals surface area contributed by atoms with Crippen LogP contribution in [0.25, 0.3) is 0 Å². The van der Waals surface area contributed by atoms with E-state index in [0.717, 1.165) is 29.9 Å². The molecule has 3 atom stereocenters. The summed E-state index contributed by atoms with van der Waals surface area (Å²) in [5.74, 6) is 1.67. The molecule has 4 nitrogen and oxygen atoms in total. The van der Waals surface area contributed by atoms with Crippen LogP contribution in [0.2, 0.25) is 0 Å². The molecular weight excluding hydrogens is 230 g/mol. The lowest BCUT2D eigenvalue weighted by Crippen LogP contribution is -2.17. The zero-order valence-corrected chi connectivity index (χ0v) is 10.6. The van der Waals surface area contributed by atoms with E-state index in [9.17, 15) is 0 Å². The number of benzene rings is 1. The van der Waals surface area contributed by atoms with Gasteiger partial charge in [-0.1, -0.05) is 0 Å². The van der Waals surface area contributed by atoms with E-state index in [4.69, 9.17) is 19.9 Å². The lowest BCUT2D eigenvalue weighted by Gasteiger charge is -2.13. The molecule has 0 amide bonds. The first-order valence-electron chi connectivity index (χ1n) is 6.53. The Balaban J connectivity index is 1.60. The molecule has 98 valence electrons. The minimum Gasteiger partial charge on any atom is -0.491 e. The van der Waals surface area contributed by atoms with E-state index >= 15 is 0 Å². The van der Waals surface area contributed by atoms with Crippen molar-refractivity contribution in [2.45, 2.75) is 38.0 Å². The predicted octanol–water partition coefficient (Wildman–Crippen LogP) is 2.03. The number of hydrogen-bond acceptors (Lipinski definition) is 4. The summed E-state index contributed by atoms with van der Waals surface area (Å²) in [6, 6.07) is 5.85. The van der Waals surface area contributed by atoms with E-state index in [2.05, 4.69) is 6.92 Å². The van der Waals surface area contributed by atoms with Gasteiger partial charge in [0.1, 0.15) is 24.7 Å². The number of ether oxygens (including phenoxy) is 3. The molecule has 2 aliphatic rings. The first-order chi connectivity index (χ1) is 8.72. The van der Waals surface area contributed by atoms with Crippen LogP contribution in [-0.4, -0.2) is 25.4 Å². The van der Waals surface area contributed by atoms with Crippen LogP contribution in [-0.2, 0) is 4.74 Å². The molecule has 2 heterocycles. The van der Waals surface area contributed by atoms with Gasteiger partial charge in [0.2, 0.25) is 0 Å². The fraction of sp³-hybridized carbons (Fsp3) is 0.571. The maximum atomic E-state index is 5.90. The van der Waals surface area contributed by atoms with Crippen molar-refractivity contribution in [3.8, 4) is 11.5 Å². The molecule has 1 saturated heterocycles. The van der Waals surface area contributed by atoms with Crippen LogP contribution in [0, 0.1) is 0 Å². The Morgan fingerprint density at radius 2 is 2.28 bits per heavy atom. The fourth-order valence-electron chi connectivity index (χ4n) is 2.50. The topological polar surface area (TPSA) is 53.7 Å². The van der Waals surface area contributed by atoms with Crippen molar-refractivity contribution >= 4 is 0 Å². The molecule has 2 N–H and O–H groups in total. The van der Waals surface area contributed by atoms with Gasteiger partial charge in [-0.3, -0.25) is 0 Å². The van der Waals surface area contributed by atoms with Crippen molar-refractivity contribution in [1.29, 1.82) is 0 Å². The number of fused-ring (bicyclic) bond motifs is 1. The number of nitrogens with two attached hydrogens (primary N) is 1. The van der Waals surface area contributed by atoms with Gasteiger partial charge in [-0.15, -0.1) is 0 Å². The van der Waals surface area contributed by atoms with Crippen molar-refractivity contribution in [3.63, 3.8) is 0 Å². The first kappa shape index (κ1) is 11.8. The van der Waals surface area contributed by atoms with E-state index in [-0.39, 0.29) is 12.1 Å². The zero-order chi connectivity index (χ0) is 12.5. The SMILES string of the molecule is CC1CCC(COc2ccc3c(c2)OCC3N)O1. The summed E-state index contributed by atoms with van der Waals surface area (Å²) >= 11 is 0. The largest absolute Gasteiger partial charge is 0.491 e. The van der Waals surface area contributed by atoms with Crippen molar-refractivity contribution < 1.29 is 14.2 Å². The van der Waals surface area contributed by atoms with Crippen molar-refractivity contribution in [1.82, 2.24) is 0 Å². The van der Waals surface area contributed by atoms with Gasteiger partial charge in [0.15, 0.2) is 0 Å². The van der Waals surface area contributed by atoms with E-state index < -0.39 is 0 Å². The van der Waals surface area contributed by atoms with Gasteiger partial charge < -0.3 is 19.9 Å². The van der Waals surface area contributed by atoms with Crippen molar-refractivity contribution in [2.75, 3.05) is 13.2 Å². The monoisotopic (exact) mass is 249 g/mol. The van der Waals surface area contributed by atoms with Crippen LogP contribution in [0.4, 0.5) is 0 Å². The molecule has 0 aliphatic carbocycles. The summed E-state index contributed by atoms with van der Waals surface area (Å²) in [5, 5.41) is 0. The van der Waals surface area contributed by atoms with Crippen molar-refractivity contribution in [3.05, 3.63) is 23.8 Å². The van der Waals surface area contributed by atoms with Gasteiger partial charge in [0.05, 0.1) is 18.2 Å². The molecule has 0 bridgehead atoms. The first-order valence-corrected chi connectivity index (χ1v) is 6.53. The molecule has 18 heavy (non-hydrogen) atoms. The third-order valence-corrected chi connectivity index (χ3v) is 3.56. The highest BCUT2D eigenvalue weighted by molar-refractivity contribution is 5.44. The molecule has 1 aromatic carbocycles. The van der Waals surface area contributed by atoms with Gasteiger partial charge in [-0.05, 0) is 31.9 Å². The van der Waals surface area contributed by atoms with Crippen LogP contribution < -0.4 is 15.2 Å². The molecule has 0 aromatic heterocycles. The highest BCUT2D eigenvalue weighted by Gasteiger charge is 2.23. The van der Waals surface area contributed by atoms with Crippen LogP contribution in [0.1, 0.15) is 31.4 Å². The normalized spacial score (nSPS) is 30.0. The Morgan fingerprint density at radius 3 is 3.06 bits per heavy atom. The van der Waals surface area contributed by atoms with E-state index in [1.165, 1.54) is 0 Å². The number of hydrogen-bond donors (Lipinski definition) is 1. The minimum absolute atomic E-state index is 0.00642. The Bertz CT molecular complexity index is 435. The molecule has 0 spiro atoms. The molecule has 2 aliphatic heterocycles. The highest BCUT2D eigenvalue weighted by Crippen LogP contribution is 2.34. The van der Waals surface area contributed by atoms with Gasteiger partial charge in [0, 0.05) is 11.6 Å². The third kappa shape index (κ3) is 2.31. The van der Waals surface area contributed by atoms with Crippen LogP contribution in [0.15, 0.2) is 18.2 Å². The Morgan fingerprint density at radius 1 is 1.39 bits per heavy atom. The third-order valence-electron chi connectivity index (χ3n) is 3.56. The predicted molar refractivity (Wildman–Crippen MR) is 67.9 cm³/mol. The second-order valence-corrected chi connectivity index (χ2v) is 5.07. The Labute approximate surface area is 107 Å². The summed E-state index contributed by atoms with van der Waals surface area (Å²) in [7, 11) is 0. The molecule has 1 aromatic rings. The average Bonchev–Trinajstić information content (AvgIpc) is 2.94. The minimum atomic E-state index is -0.00642. The Hall–Kier alpha value is -1.26. The maximum Gasteiger partial charge on any atom is 0.127 e. The summed E-state index contributed by atoms with van der Waals surface area (Å²) in [6.07, 6.45) is 2.78. The van der Waals surface area contributed by atoms with Crippen LogP contribution in [0.3, 0.4) is 0 Å². The molecule has 3 rings (SSSR count). The van der Waals surface area contributed by atoms with Crippen LogP contribution >= 0.6 is 0 Å². The summed E-state index contributed by atoms with van der Waals surface area (Å²) in [4.78, 5) is 0. The quantitative estimate of drug-likeness (QED) is 0.890. The summed E-state index contributed by atoms with van der Waals surface area (Å²) in [6.45, 7) is 3.27. The zero-order valence-electron chi connectivity index (χ0n) is 10.6. The van der Waals surface area contributed by atoms with E-state index in [0.29, 0.717) is 19.3 Å². The number of rotatable bonds is 3. The summed E-state index contributed by atoms with van der Waals surface area (Å²) < 4.78 is 17.0. The molecule has 4 heteroatoms. The lowest BCUT2D eigenvalue weighted by molar-refractivity contribution is 0.0264. The molecule has 3 unspecified atom stereocenters. The molecule has 0 saturated carbocycles. The van der Waals surface area contributed by atoms with Gasteiger partial charge in [-0.2, -0.15) is 0 Å². The van der Waals surface area contributed by atoms with Gasteiger partial charge in [-0.25, -0.2) is 0 Å². The second-order valence-electron chi connectivity index (χ2n) is 5.07. The smallest absolute Gasteiger partial charge is 0.127 e. The highest BCUT2D eigenvalue weighted by atomic mass is 16.5. The standard InChI is InChI=1S/C14H19NO3/c1-9-2-3-11(18-9)7-16-10-4-5-12-13(15)8-17-14(12)6-10/h4-6,9,11,13H,2-3,7-8,15H2,1H3. The molecule has 0 radical (unpaired) electrons. The van der Waals surface area contributed by atoms with Crippen molar-refractivity contribution in [2.24, 2.45) is 5.73 Å². The maximum absolute atomic E-state index is 5.90. The molecular formula is C14H19NO3. The summed E-state index contributed by atoms with van der Waals surface area (Å²) in [5.41, 5.74) is 6.96.